The number of nitrogens with zero attached hydrogens (tertiary/aromatic N) is 4. The highest BCUT2D eigenvalue weighted by atomic mass is 127. The maximum absolute atomic E-state index is 6.25. The van der Waals surface area contributed by atoms with Crippen LogP contribution < -0.4 is 5.32 Å². The molecule has 0 unspecified atom stereocenters. The molecule has 1 aliphatic heterocycles. The Hall–Kier alpha value is -0.830. The normalized spacial score (nSPS) is 18.7. The van der Waals surface area contributed by atoms with Crippen LogP contribution in [0.5, 0.6) is 0 Å². The number of guanidine groups is 1. The van der Waals surface area contributed by atoms with E-state index in [2.05, 4.69) is 31.0 Å². The quantitative estimate of drug-likeness (QED) is 0.309. The van der Waals surface area contributed by atoms with Gasteiger partial charge in [0.15, 0.2) is 5.96 Å². The molecule has 1 N–H and O–H groups in total. The largest absolute Gasteiger partial charge is 0.378 e. The summed E-state index contributed by atoms with van der Waals surface area (Å²) in [5.41, 5.74) is 3.80. The summed E-state index contributed by atoms with van der Waals surface area (Å²) in [6.07, 6.45) is 10.1. The molecule has 0 spiro atoms. The Labute approximate surface area is 200 Å². The van der Waals surface area contributed by atoms with Crippen LogP contribution in [0.3, 0.4) is 0 Å². The van der Waals surface area contributed by atoms with Gasteiger partial charge in [-0.15, -0.1) is 24.0 Å². The van der Waals surface area contributed by atoms with E-state index < -0.39 is 0 Å². The second-order valence-electron chi connectivity index (χ2n) is 8.54. The van der Waals surface area contributed by atoms with E-state index >= 15 is 0 Å². The van der Waals surface area contributed by atoms with Crippen LogP contribution in [0, 0.1) is 5.92 Å². The van der Waals surface area contributed by atoms with Crippen molar-refractivity contribution in [1.29, 1.82) is 0 Å². The van der Waals surface area contributed by atoms with Crippen LogP contribution in [0.2, 0.25) is 0 Å². The first-order valence-electron chi connectivity index (χ1n) is 11.8. The Balaban J connectivity index is 0.00000320. The molecule has 1 saturated heterocycles. The molecular weight excluding hydrogens is 489 g/mol. The Morgan fingerprint density at radius 3 is 2.40 bits per heavy atom. The fourth-order valence-electron chi connectivity index (χ4n) is 4.84. The number of nitrogens with one attached hydrogen (secondary N) is 1. The molecule has 0 bridgehead atoms. The van der Waals surface area contributed by atoms with Gasteiger partial charge in [0.05, 0.1) is 18.3 Å². The van der Waals surface area contributed by atoms with Gasteiger partial charge in [0, 0.05) is 44.5 Å². The first kappa shape index (κ1) is 25.4. The summed E-state index contributed by atoms with van der Waals surface area (Å²) in [5.74, 6) is 1.85. The number of aliphatic imine (C=N–C) groups is 1. The fraction of sp³-hybridized carbons (Fsp3) is 0.826. The highest BCUT2D eigenvalue weighted by molar-refractivity contribution is 14.0. The van der Waals surface area contributed by atoms with Crippen LogP contribution in [-0.2, 0) is 31.2 Å². The van der Waals surface area contributed by atoms with Gasteiger partial charge in [0.2, 0.25) is 0 Å². The van der Waals surface area contributed by atoms with Gasteiger partial charge in [-0.3, -0.25) is 4.68 Å². The zero-order chi connectivity index (χ0) is 20.6. The monoisotopic (exact) mass is 531 g/mol. The van der Waals surface area contributed by atoms with Gasteiger partial charge in [-0.05, 0) is 51.4 Å². The van der Waals surface area contributed by atoms with Crippen molar-refractivity contribution in [1.82, 2.24) is 20.0 Å². The predicted octanol–water partition coefficient (Wildman–Crippen LogP) is 4.30. The van der Waals surface area contributed by atoms with Crippen LogP contribution in [0.25, 0.3) is 0 Å². The van der Waals surface area contributed by atoms with E-state index in [-0.39, 0.29) is 24.0 Å². The van der Waals surface area contributed by atoms with Crippen molar-refractivity contribution < 1.29 is 4.74 Å². The maximum atomic E-state index is 6.25. The molecule has 1 aliphatic carbocycles. The Morgan fingerprint density at radius 1 is 1.10 bits per heavy atom. The lowest BCUT2D eigenvalue weighted by atomic mass is 10.1. The van der Waals surface area contributed by atoms with E-state index in [1.54, 1.807) is 0 Å². The minimum absolute atomic E-state index is 0. The number of likely N-dealkylation sites (tertiary alicyclic amines) is 1. The molecule has 1 aromatic rings. The standard InChI is InChI=1S/C23H41N5O.HI/c1-5-21-20(22(6-2)27(4)26-21)16-25-23(24-7-3)28-14-12-19(13-15-28)29-17-18-10-8-9-11-18;/h18-19H,5-17H2,1-4H3,(H,24,25);1H. The minimum Gasteiger partial charge on any atom is -0.378 e. The van der Waals surface area contributed by atoms with Crippen LogP contribution in [-0.4, -0.2) is 53.0 Å². The third-order valence-corrected chi connectivity index (χ3v) is 6.53. The van der Waals surface area contributed by atoms with Crippen LogP contribution in [0.1, 0.15) is 76.2 Å². The highest BCUT2D eigenvalue weighted by Gasteiger charge is 2.24. The lowest BCUT2D eigenvalue weighted by molar-refractivity contribution is 0.00101. The Morgan fingerprint density at radius 2 is 1.80 bits per heavy atom. The molecule has 2 fully saturated rings. The molecule has 2 heterocycles. The van der Waals surface area contributed by atoms with E-state index in [0.717, 1.165) is 63.8 Å². The van der Waals surface area contributed by atoms with E-state index in [0.29, 0.717) is 12.6 Å². The van der Waals surface area contributed by atoms with Gasteiger partial charge in [0.25, 0.3) is 0 Å². The molecule has 0 aromatic carbocycles. The zero-order valence-corrected chi connectivity index (χ0v) is 21.8. The van der Waals surface area contributed by atoms with E-state index in [1.807, 2.05) is 11.7 Å². The van der Waals surface area contributed by atoms with Crippen LogP contribution in [0.4, 0.5) is 0 Å². The summed E-state index contributed by atoms with van der Waals surface area (Å²) < 4.78 is 8.28. The summed E-state index contributed by atoms with van der Waals surface area (Å²) >= 11 is 0. The van der Waals surface area contributed by atoms with E-state index in [1.165, 1.54) is 42.6 Å². The van der Waals surface area contributed by atoms with Crippen molar-refractivity contribution in [2.24, 2.45) is 18.0 Å². The Bertz CT molecular complexity index is 661. The molecule has 1 saturated carbocycles. The molecule has 6 nitrogen and oxygen atoms in total. The number of rotatable bonds is 8. The number of piperidine rings is 1. The summed E-state index contributed by atoms with van der Waals surface area (Å²) in [4.78, 5) is 7.42. The number of ether oxygens (including phenoxy) is 1. The molecule has 2 aliphatic rings. The topological polar surface area (TPSA) is 54.7 Å². The highest BCUT2D eigenvalue weighted by Crippen LogP contribution is 2.26. The van der Waals surface area contributed by atoms with Gasteiger partial charge in [-0.1, -0.05) is 26.7 Å². The van der Waals surface area contributed by atoms with Crippen molar-refractivity contribution in [3.63, 3.8) is 0 Å². The van der Waals surface area contributed by atoms with E-state index in [9.17, 15) is 0 Å². The molecule has 7 heteroatoms. The zero-order valence-electron chi connectivity index (χ0n) is 19.5. The lowest BCUT2D eigenvalue weighted by Gasteiger charge is -2.34. The second kappa shape index (κ2) is 12.9. The molecule has 0 radical (unpaired) electrons. The molecule has 3 rings (SSSR count). The number of hydrogen-bond acceptors (Lipinski definition) is 3. The van der Waals surface area contributed by atoms with E-state index in [4.69, 9.17) is 14.8 Å². The number of halogens is 1. The maximum Gasteiger partial charge on any atom is 0.194 e. The molecule has 172 valence electrons. The predicted molar refractivity (Wildman–Crippen MR) is 135 cm³/mol. The second-order valence-corrected chi connectivity index (χ2v) is 8.54. The SMILES string of the molecule is CCNC(=NCc1c(CC)nn(C)c1CC)N1CCC(OCC2CCCC2)CC1.I. The van der Waals surface area contributed by atoms with Gasteiger partial charge in [0.1, 0.15) is 0 Å². The average Bonchev–Trinajstić information content (AvgIpc) is 3.37. The van der Waals surface area contributed by atoms with Crippen molar-refractivity contribution >= 4 is 29.9 Å². The smallest absolute Gasteiger partial charge is 0.194 e. The summed E-state index contributed by atoms with van der Waals surface area (Å²) in [6, 6.07) is 0. The van der Waals surface area contributed by atoms with Crippen LogP contribution in [0.15, 0.2) is 4.99 Å². The molecular formula is C23H42IN5O. The van der Waals surface area contributed by atoms with Crippen molar-refractivity contribution in [3.8, 4) is 0 Å². The van der Waals surface area contributed by atoms with Crippen molar-refractivity contribution in [2.45, 2.75) is 84.8 Å². The van der Waals surface area contributed by atoms with Gasteiger partial charge < -0.3 is 15.0 Å². The van der Waals surface area contributed by atoms with Gasteiger partial charge in [-0.2, -0.15) is 5.10 Å². The number of aromatic nitrogens is 2. The summed E-state index contributed by atoms with van der Waals surface area (Å²) in [5, 5.41) is 8.20. The Kier molecular flexibility index (Phi) is 10.9. The van der Waals surface area contributed by atoms with Gasteiger partial charge in [-0.25, -0.2) is 4.99 Å². The molecule has 30 heavy (non-hydrogen) atoms. The minimum atomic E-state index is 0. The van der Waals surface area contributed by atoms with Crippen molar-refractivity contribution in [2.75, 3.05) is 26.2 Å². The number of aryl methyl sites for hydroxylation is 2. The third-order valence-electron chi connectivity index (χ3n) is 6.53. The first-order valence-corrected chi connectivity index (χ1v) is 11.8. The van der Waals surface area contributed by atoms with Gasteiger partial charge >= 0.3 is 0 Å². The van der Waals surface area contributed by atoms with Crippen LogP contribution >= 0.6 is 24.0 Å². The summed E-state index contributed by atoms with van der Waals surface area (Å²) in [7, 11) is 2.05. The molecule has 0 atom stereocenters. The first-order chi connectivity index (χ1) is 14.2. The fourth-order valence-corrected chi connectivity index (χ4v) is 4.84. The van der Waals surface area contributed by atoms with Crippen molar-refractivity contribution in [3.05, 3.63) is 17.0 Å². The summed E-state index contributed by atoms with van der Waals surface area (Å²) in [6.45, 7) is 11.1. The third kappa shape index (κ3) is 6.58. The average molecular weight is 532 g/mol. The molecule has 0 amide bonds. The molecule has 1 aromatic heterocycles. The lowest BCUT2D eigenvalue weighted by Crippen LogP contribution is -2.47. The number of hydrogen-bond donors (Lipinski definition) is 1.